The zero-order valence-corrected chi connectivity index (χ0v) is 21.6. The van der Waals surface area contributed by atoms with Gasteiger partial charge in [0, 0.05) is 28.7 Å². The van der Waals surface area contributed by atoms with Crippen molar-refractivity contribution in [3.8, 4) is 5.75 Å². The Morgan fingerprint density at radius 3 is 2.19 bits per heavy atom. The van der Waals surface area contributed by atoms with E-state index < -0.39 is 0 Å². The van der Waals surface area contributed by atoms with Crippen molar-refractivity contribution in [2.45, 2.75) is 39.5 Å². The molecule has 2 amide bonds. The van der Waals surface area contributed by atoms with Gasteiger partial charge in [-0.3, -0.25) is 9.59 Å². The van der Waals surface area contributed by atoms with Crippen LogP contribution in [-0.2, 0) is 0 Å². The van der Waals surface area contributed by atoms with E-state index in [2.05, 4.69) is 12.2 Å². The van der Waals surface area contributed by atoms with Crippen molar-refractivity contribution in [2.24, 2.45) is 0 Å². The van der Waals surface area contributed by atoms with Crippen LogP contribution in [0, 0.1) is 0 Å². The number of nitrogens with zero attached hydrogens (tertiary/aromatic N) is 1. The van der Waals surface area contributed by atoms with Crippen molar-refractivity contribution in [1.29, 1.82) is 0 Å². The molecule has 5 nitrogen and oxygen atoms in total. The minimum Gasteiger partial charge on any atom is -0.494 e. The molecule has 190 valence electrons. The number of unbranched alkanes of at least 4 members (excludes halogenated alkanes) is 3. The fourth-order valence-electron chi connectivity index (χ4n) is 4.34. The third kappa shape index (κ3) is 6.56. The Balaban J connectivity index is 1.38. The molecular formula is C32H34N2O3. The predicted molar refractivity (Wildman–Crippen MR) is 152 cm³/mol. The van der Waals surface area contributed by atoms with E-state index in [0.29, 0.717) is 30.0 Å². The maximum absolute atomic E-state index is 13.4. The summed E-state index contributed by atoms with van der Waals surface area (Å²) in [6.07, 6.45) is 4.62. The summed E-state index contributed by atoms with van der Waals surface area (Å²) < 4.78 is 5.76. The fraction of sp³-hybridized carbons (Fsp3) is 0.250. The summed E-state index contributed by atoms with van der Waals surface area (Å²) in [6, 6.07) is 28.2. The van der Waals surface area contributed by atoms with E-state index in [9.17, 15) is 9.59 Å². The molecule has 0 aliphatic rings. The lowest BCUT2D eigenvalue weighted by Crippen LogP contribution is -2.30. The second-order valence-corrected chi connectivity index (χ2v) is 9.01. The largest absolute Gasteiger partial charge is 0.494 e. The normalized spacial score (nSPS) is 10.8. The standard InChI is InChI=1S/C32H34N2O3/c1-3-5-6-9-23-37-28-21-17-25(18-22-28)31(35)33-27-19-15-26(16-20-27)32(36)34(4-2)30-14-10-12-24-11-7-8-13-29(24)30/h7-8,10-22H,3-6,9,23H2,1-2H3,(H,33,35). The number of anilines is 2. The van der Waals surface area contributed by atoms with Crippen LogP contribution in [0.15, 0.2) is 91.0 Å². The first-order valence-electron chi connectivity index (χ1n) is 13.0. The molecule has 0 unspecified atom stereocenters. The van der Waals surface area contributed by atoms with Crippen LogP contribution in [-0.4, -0.2) is 25.0 Å². The molecule has 0 heterocycles. The van der Waals surface area contributed by atoms with Crippen LogP contribution in [0.3, 0.4) is 0 Å². The van der Waals surface area contributed by atoms with Gasteiger partial charge < -0.3 is 15.0 Å². The van der Waals surface area contributed by atoms with Crippen LogP contribution in [0.2, 0.25) is 0 Å². The van der Waals surface area contributed by atoms with Gasteiger partial charge in [-0.2, -0.15) is 0 Å². The second-order valence-electron chi connectivity index (χ2n) is 9.01. The van der Waals surface area contributed by atoms with Crippen molar-refractivity contribution in [3.63, 3.8) is 0 Å². The highest BCUT2D eigenvalue weighted by Crippen LogP contribution is 2.28. The van der Waals surface area contributed by atoms with Gasteiger partial charge in [-0.05, 0) is 73.3 Å². The van der Waals surface area contributed by atoms with Gasteiger partial charge in [-0.25, -0.2) is 0 Å². The molecule has 0 bridgehead atoms. The molecule has 4 rings (SSSR count). The first-order valence-corrected chi connectivity index (χ1v) is 13.0. The van der Waals surface area contributed by atoms with Gasteiger partial charge >= 0.3 is 0 Å². The van der Waals surface area contributed by atoms with Crippen LogP contribution >= 0.6 is 0 Å². The van der Waals surface area contributed by atoms with Crippen molar-refractivity contribution in [1.82, 2.24) is 0 Å². The van der Waals surface area contributed by atoms with Crippen LogP contribution in [0.5, 0.6) is 5.75 Å². The number of nitrogens with one attached hydrogen (secondary N) is 1. The number of hydrogen-bond acceptors (Lipinski definition) is 3. The Morgan fingerprint density at radius 1 is 0.757 bits per heavy atom. The Bertz CT molecular complexity index is 1330. The van der Waals surface area contributed by atoms with Crippen molar-refractivity contribution >= 4 is 34.0 Å². The fourth-order valence-corrected chi connectivity index (χ4v) is 4.34. The molecule has 0 saturated carbocycles. The lowest BCUT2D eigenvalue weighted by Gasteiger charge is -2.23. The van der Waals surface area contributed by atoms with Crippen molar-refractivity contribution < 1.29 is 14.3 Å². The minimum atomic E-state index is -0.209. The van der Waals surface area contributed by atoms with Gasteiger partial charge in [-0.1, -0.05) is 62.6 Å². The molecule has 1 N–H and O–H groups in total. The van der Waals surface area contributed by atoms with Gasteiger partial charge in [0.05, 0.1) is 12.3 Å². The second kappa shape index (κ2) is 12.7. The van der Waals surface area contributed by atoms with E-state index in [4.69, 9.17) is 4.74 Å². The summed E-state index contributed by atoms with van der Waals surface area (Å²) in [5.41, 5.74) is 2.63. The third-order valence-electron chi connectivity index (χ3n) is 6.39. The number of hydrogen-bond donors (Lipinski definition) is 1. The number of benzene rings is 4. The molecule has 0 radical (unpaired) electrons. The molecule has 0 aliphatic carbocycles. The molecule has 0 saturated heterocycles. The molecule has 0 aromatic heterocycles. The average Bonchev–Trinajstić information content (AvgIpc) is 2.94. The van der Waals surface area contributed by atoms with Gasteiger partial charge in [0.25, 0.3) is 11.8 Å². The summed E-state index contributed by atoms with van der Waals surface area (Å²) in [6.45, 7) is 5.39. The Labute approximate surface area is 219 Å². The lowest BCUT2D eigenvalue weighted by molar-refractivity contribution is 0.0987. The lowest BCUT2D eigenvalue weighted by atomic mass is 10.1. The van der Waals surface area contributed by atoms with Gasteiger partial charge in [0.15, 0.2) is 0 Å². The molecule has 4 aromatic rings. The average molecular weight is 495 g/mol. The number of carbonyl (C=O) groups is 2. The van der Waals surface area contributed by atoms with E-state index in [1.54, 1.807) is 41.3 Å². The molecule has 0 spiro atoms. The summed E-state index contributed by atoms with van der Waals surface area (Å²) in [7, 11) is 0. The topological polar surface area (TPSA) is 58.6 Å². The molecule has 0 fully saturated rings. The first kappa shape index (κ1) is 26.0. The maximum Gasteiger partial charge on any atom is 0.258 e. The summed E-state index contributed by atoms with van der Waals surface area (Å²) >= 11 is 0. The van der Waals surface area contributed by atoms with E-state index in [1.807, 2.05) is 61.5 Å². The van der Waals surface area contributed by atoms with Gasteiger partial charge in [-0.15, -0.1) is 0 Å². The monoisotopic (exact) mass is 494 g/mol. The van der Waals surface area contributed by atoms with Gasteiger partial charge in [0.1, 0.15) is 5.75 Å². The smallest absolute Gasteiger partial charge is 0.258 e. The molecule has 37 heavy (non-hydrogen) atoms. The summed E-state index contributed by atoms with van der Waals surface area (Å²) in [5.74, 6) is 0.476. The van der Waals surface area contributed by atoms with Crippen LogP contribution in [0.25, 0.3) is 10.8 Å². The number of rotatable bonds is 11. The summed E-state index contributed by atoms with van der Waals surface area (Å²) in [4.78, 5) is 27.9. The Kier molecular flexibility index (Phi) is 8.93. The SMILES string of the molecule is CCCCCCOc1ccc(C(=O)Nc2ccc(C(=O)N(CC)c3cccc4ccccc34)cc2)cc1. The Hall–Kier alpha value is -4.12. The zero-order valence-electron chi connectivity index (χ0n) is 21.6. The van der Waals surface area contributed by atoms with E-state index in [1.165, 1.54) is 19.3 Å². The van der Waals surface area contributed by atoms with E-state index in [-0.39, 0.29) is 11.8 Å². The third-order valence-corrected chi connectivity index (χ3v) is 6.39. The number of fused-ring (bicyclic) bond motifs is 1. The molecule has 0 atom stereocenters. The molecular weight excluding hydrogens is 460 g/mol. The highest BCUT2D eigenvalue weighted by molar-refractivity contribution is 6.11. The van der Waals surface area contributed by atoms with E-state index in [0.717, 1.165) is 28.6 Å². The van der Waals surface area contributed by atoms with E-state index >= 15 is 0 Å². The first-order chi connectivity index (χ1) is 18.1. The molecule has 4 aromatic carbocycles. The summed E-state index contributed by atoms with van der Waals surface area (Å²) in [5, 5.41) is 5.04. The molecule has 0 aliphatic heterocycles. The van der Waals surface area contributed by atoms with Crippen LogP contribution in [0.4, 0.5) is 11.4 Å². The molecule has 5 heteroatoms. The van der Waals surface area contributed by atoms with Crippen LogP contribution < -0.4 is 15.0 Å². The minimum absolute atomic E-state index is 0.0815. The van der Waals surface area contributed by atoms with Gasteiger partial charge in [0.2, 0.25) is 0 Å². The quantitative estimate of drug-likeness (QED) is 0.217. The van der Waals surface area contributed by atoms with Crippen molar-refractivity contribution in [2.75, 3.05) is 23.4 Å². The maximum atomic E-state index is 13.4. The number of carbonyl (C=O) groups excluding carboxylic acids is 2. The number of ether oxygens (including phenoxy) is 1. The zero-order chi connectivity index (χ0) is 26.0. The highest BCUT2D eigenvalue weighted by Gasteiger charge is 2.18. The van der Waals surface area contributed by atoms with Crippen LogP contribution in [0.1, 0.15) is 60.2 Å². The van der Waals surface area contributed by atoms with Crippen molar-refractivity contribution in [3.05, 3.63) is 102 Å². The highest BCUT2D eigenvalue weighted by atomic mass is 16.5. The number of amides is 2. The predicted octanol–water partition coefficient (Wildman–Crippen LogP) is 7.72. The Morgan fingerprint density at radius 2 is 1.46 bits per heavy atom.